The number of benzene rings is 1. The summed E-state index contributed by atoms with van der Waals surface area (Å²) in [7, 11) is -3.15. The minimum atomic E-state index is -4.25. The lowest BCUT2D eigenvalue weighted by Crippen LogP contribution is -2.31. The zero-order valence-electron chi connectivity index (χ0n) is 17.0. The van der Waals surface area contributed by atoms with E-state index < -0.39 is 40.5 Å². The molecule has 0 spiro atoms. The fraction of sp³-hybridized carbons (Fsp3) is 0.550. The smallest absolute Gasteiger partial charge is 0.362 e. The van der Waals surface area contributed by atoms with Crippen molar-refractivity contribution in [2.75, 3.05) is 6.26 Å². The zero-order chi connectivity index (χ0) is 23.0. The third kappa shape index (κ3) is 5.62. The van der Waals surface area contributed by atoms with Crippen molar-refractivity contribution < 1.29 is 30.9 Å². The molecular formula is C20H24F5N3O2S. The standard InChI is InChI=1S/C20H24F5N3O2S/c1-11-19(31(2,26)29)28-18(27-11)16(12-4-3-5-13(10-12)17(21)22)30-15-8-6-14(7-9-15)20(23,24)25/h3-5,10,14-17,26H,6-9H2,1-2H3,(H,27,28)/t14?,15?,16-,31-/m0/s1. The lowest BCUT2D eigenvalue weighted by Gasteiger charge is -2.32. The van der Waals surface area contributed by atoms with Crippen LogP contribution in [0, 0.1) is 17.6 Å². The number of imidazole rings is 1. The molecule has 2 atom stereocenters. The van der Waals surface area contributed by atoms with Crippen molar-refractivity contribution in [3.63, 3.8) is 0 Å². The van der Waals surface area contributed by atoms with Gasteiger partial charge in [0, 0.05) is 17.5 Å². The number of halogens is 5. The highest BCUT2D eigenvalue weighted by molar-refractivity contribution is 7.91. The summed E-state index contributed by atoms with van der Waals surface area (Å²) in [4.78, 5) is 7.16. The quantitative estimate of drug-likeness (QED) is 0.520. The highest BCUT2D eigenvalue weighted by Gasteiger charge is 2.42. The van der Waals surface area contributed by atoms with Crippen LogP contribution in [0.2, 0.25) is 0 Å². The van der Waals surface area contributed by atoms with E-state index in [4.69, 9.17) is 9.52 Å². The van der Waals surface area contributed by atoms with Crippen molar-refractivity contribution in [2.24, 2.45) is 5.92 Å². The number of aromatic nitrogens is 2. The van der Waals surface area contributed by atoms with Gasteiger partial charge >= 0.3 is 6.18 Å². The number of hydrogen-bond donors (Lipinski definition) is 2. The molecule has 5 nitrogen and oxygen atoms in total. The van der Waals surface area contributed by atoms with Gasteiger partial charge in [0.1, 0.15) is 11.9 Å². The second kappa shape index (κ2) is 8.85. The number of H-pyrrole nitrogens is 1. The minimum absolute atomic E-state index is 0.0295. The summed E-state index contributed by atoms with van der Waals surface area (Å²) in [5.41, 5.74) is 0.510. The maximum Gasteiger partial charge on any atom is 0.391 e. The maximum absolute atomic E-state index is 13.2. The Hall–Kier alpha value is -2.01. The van der Waals surface area contributed by atoms with Gasteiger partial charge in [-0.1, -0.05) is 18.2 Å². The van der Waals surface area contributed by atoms with Gasteiger partial charge < -0.3 is 9.72 Å². The van der Waals surface area contributed by atoms with Crippen LogP contribution in [0.25, 0.3) is 0 Å². The molecule has 3 rings (SSSR count). The SMILES string of the molecule is Cc1[nH]c([C@@H](OC2CCC(C(F)(F)F)CC2)c2cccc(C(F)F)c2)nc1[S@@](C)(=N)=O. The Balaban J connectivity index is 1.92. The molecule has 1 aliphatic carbocycles. The van der Waals surface area contributed by atoms with Crippen LogP contribution in [-0.4, -0.2) is 32.7 Å². The third-order valence-corrected chi connectivity index (χ3v) is 6.54. The van der Waals surface area contributed by atoms with E-state index in [2.05, 4.69) is 9.97 Å². The Morgan fingerprint density at radius 3 is 2.32 bits per heavy atom. The largest absolute Gasteiger partial charge is 0.391 e. The molecule has 2 N–H and O–H groups in total. The molecule has 31 heavy (non-hydrogen) atoms. The van der Waals surface area contributed by atoms with E-state index in [0.717, 1.165) is 0 Å². The summed E-state index contributed by atoms with van der Waals surface area (Å²) >= 11 is 0. The highest BCUT2D eigenvalue weighted by Crippen LogP contribution is 2.40. The van der Waals surface area contributed by atoms with Gasteiger partial charge in [0.05, 0.1) is 21.8 Å². The van der Waals surface area contributed by atoms with Crippen molar-refractivity contribution >= 4 is 9.73 Å². The van der Waals surface area contributed by atoms with E-state index in [9.17, 15) is 26.2 Å². The summed E-state index contributed by atoms with van der Waals surface area (Å²) in [5.74, 6) is -1.20. The molecular weight excluding hydrogens is 441 g/mol. The van der Waals surface area contributed by atoms with Gasteiger partial charge in [0.15, 0.2) is 5.03 Å². The van der Waals surface area contributed by atoms with Crippen LogP contribution >= 0.6 is 0 Å². The monoisotopic (exact) mass is 465 g/mol. The second-order valence-electron chi connectivity index (χ2n) is 7.90. The Morgan fingerprint density at radius 1 is 1.19 bits per heavy atom. The minimum Gasteiger partial charge on any atom is -0.362 e. The van der Waals surface area contributed by atoms with Gasteiger partial charge in [-0.2, -0.15) is 13.2 Å². The van der Waals surface area contributed by atoms with Crippen LogP contribution in [0.3, 0.4) is 0 Å². The zero-order valence-corrected chi connectivity index (χ0v) is 17.8. The predicted octanol–water partition coefficient (Wildman–Crippen LogP) is 5.92. The highest BCUT2D eigenvalue weighted by atomic mass is 32.2. The van der Waals surface area contributed by atoms with E-state index in [1.165, 1.54) is 24.5 Å². The van der Waals surface area contributed by atoms with Crippen LogP contribution in [0.4, 0.5) is 22.0 Å². The van der Waals surface area contributed by atoms with Crippen molar-refractivity contribution in [3.05, 3.63) is 46.9 Å². The molecule has 0 radical (unpaired) electrons. The van der Waals surface area contributed by atoms with E-state index in [0.29, 0.717) is 11.3 Å². The fourth-order valence-corrected chi connectivity index (χ4v) is 4.76. The summed E-state index contributed by atoms with van der Waals surface area (Å²) in [5, 5.41) is 0.0295. The number of rotatable bonds is 6. The molecule has 0 unspecified atom stereocenters. The number of nitrogens with zero attached hydrogens (tertiary/aromatic N) is 1. The number of ether oxygens (including phenoxy) is 1. The second-order valence-corrected chi connectivity index (χ2v) is 9.97. The van der Waals surface area contributed by atoms with Gasteiger partial charge in [-0.15, -0.1) is 0 Å². The molecule has 0 aliphatic heterocycles. The van der Waals surface area contributed by atoms with Gasteiger partial charge in [0.2, 0.25) is 0 Å². The molecule has 1 aromatic carbocycles. The summed E-state index contributed by atoms with van der Waals surface area (Å²) in [6, 6.07) is 5.54. The summed E-state index contributed by atoms with van der Waals surface area (Å²) in [6.07, 6.45) is -7.04. The topological polar surface area (TPSA) is 78.8 Å². The molecule has 1 saturated carbocycles. The van der Waals surface area contributed by atoms with Crippen LogP contribution in [0.5, 0.6) is 0 Å². The first-order valence-electron chi connectivity index (χ1n) is 9.76. The number of aromatic amines is 1. The number of alkyl halides is 5. The Morgan fingerprint density at radius 2 is 1.81 bits per heavy atom. The Labute approximate surface area is 177 Å². The molecule has 0 bridgehead atoms. The van der Waals surface area contributed by atoms with E-state index >= 15 is 0 Å². The molecule has 172 valence electrons. The Kier molecular flexibility index (Phi) is 6.75. The predicted molar refractivity (Wildman–Crippen MR) is 105 cm³/mol. The Bertz CT molecular complexity index is 1010. The number of hydrogen-bond acceptors (Lipinski definition) is 4. The molecule has 1 aliphatic rings. The van der Waals surface area contributed by atoms with Crippen molar-refractivity contribution in [2.45, 2.75) is 62.4 Å². The van der Waals surface area contributed by atoms with E-state index in [1.54, 1.807) is 13.0 Å². The normalized spacial score (nSPS) is 23.0. The fourth-order valence-electron chi connectivity index (χ4n) is 3.85. The number of aryl methyl sites for hydroxylation is 1. The molecule has 0 amide bonds. The van der Waals surface area contributed by atoms with Gasteiger partial charge in [0.25, 0.3) is 6.43 Å². The molecule has 0 saturated heterocycles. The first-order chi connectivity index (χ1) is 14.4. The average Bonchev–Trinajstić information content (AvgIpc) is 3.07. The van der Waals surface area contributed by atoms with Gasteiger partial charge in [-0.3, -0.25) is 0 Å². The van der Waals surface area contributed by atoms with Crippen molar-refractivity contribution in [1.29, 1.82) is 4.78 Å². The summed E-state index contributed by atoms with van der Waals surface area (Å²) < 4.78 is 91.4. The van der Waals surface area contributed by atoms with Crippen LogP contribution in [0.1, 0.15) is 60.9 Å². The molecule has 1 aromatic heterocycles. The lowest BCUT2D eigenvalue weighted by atomic mass is 9.87. The van der Waals surface area contributed by atoms with Crippen molar-refractivity contribution in [3.8, 4) is 0 Å². The first-order valence-corrected chi connectivity index (χ1v) is 11.7. The molecule has 11 heteroatoms. The van der Waals surface area contributed by atoms with Gasteiger partial charge in [-0.25, -0.2) is 22.8 Å². The molecule has 1 fully saturated rings. The van der Waals surface area contributed by atoms with Crippen LogP contribution in [0.15, 0.2) is 29.3 Å². The maximum atomic E-state index is 13.2. The van der Waals surface area contributed by atoms with Crippen molar-refractivity contribution in [1.82, 2.24) is 9.97 Å². The average molecular weight is 465 g/mol. The first kappa shape index (κ1) is 23.6. The van der Waals surface area contributed by atoms with E-state index in [-0.39, 0.29) is 42.1 Å². The summed E-state index contributed by atoms with van der Waals surface area (Å²) in [6.45, 7) is 1.59. The molecule has 1 heterocycles. The third-order valence-electron chi connectivity index (χ3n) is 5.41. The van der Waals surface area contributed by atoms with Crippen LogP contribution in [-0.2, 0) is 14.5 Å². The van der Waals surface area contributed by atoms with Crippen LogP contribution < -0.4 is 0 Å². The molecule has 2 aromatic rings. The lowest BCUT2D eigenvalue weighted by molar-refractivity contribution is -0.188. The van der Waals surface area contributed by atoms with E-state index in [1.807, 2.05) is 0 Å². The number of nitrogens with one attached hydrogen (secondary N) is 2. The van der Waals surface area contributed by atoms with Gasteiger partial charge in [-0.05, 0) is 44.2 Å².